The highest BCUT2D eigenvalue weighted by molar-refractivity contribution is 9.25. The number of rotatable bonds is 1. The van der Waals surface area contributed by atoms with Gasteiger partial charge in [-0.2, -0.15) is 0 Å². The van der Waals surface area contributed by atoms with Gasteiger partial charge in [0.2, 0.25) is 0 Å². The monoisotopic (exact) mass is 582 g/mol. The van der Waals surface area contributed by atoms with E-state index in [1.807, 2.05) is 0 Å². The lowest BCUT2D eigenvalue weighted by Crippen LogP contribution is -2.68. The number of Topliss-reactive ketones (excluding diaryl/α,β-unsaturated/α-hetero) is 1. The van der Waals surface area contributed by atoms with Crippen molar-refractivity contribution in [2.24, 2.45) is 62.6 Å². The predicted octanol–water partition coefficient (Wildman–Crippen LogP) is 9.41. The van der Waals surface area contributed by atoms with E-state index in [1.165, 1.54) is 51.4 Å². The summed E-state index contributed by atoms with van der Waals surface area (Å²) in [5.41, 5.74) is 1.29. The number of halogens is 2. The maximum atomic E-state index is 13.5. The molecule has 0 radical (unpaired) electrons. The van der Waals surface area contributed by atoms with Crippen molar-refractivity contribution >= 4 is 37.6 Å². The molecule has 0 aromatic heterocycles. The maximum Gasteiger partial charge on any atom is 0.166 e. The van der Waals surface area contributed by atoms with Gasteiger partial charge in [-0.05, 0) is 115 Å². The third-order valence-electron chi connectivity index (χ3n) is 13.4. The van der Waals surface area contributed by atoms with E-state index in [9.17, 15) is 4.79 Å². The summed E-state index contributed by atoms with van der Waals surface area (Å²) in [6, 6.07) is 0. The summed E-state index contributed by atoms with van der Waals surface area (Å²) in [6.45, 7) is 20.1. The van der Waals surface area contributed by atoms with Gasteiger partial charge in [-0.15, -0.1) is 0 Å². The van der Waals surface area contributed by atoms with Crippen molar-refractivity contribution < 1.29 is 4.79 Å². The maximum absolute atomic E-state index is 13.5. The molecule has 0 aliphatic heterocycles. The molecule has 9 atom stereocenters. The molecule has 1 nitrogen and oxygen atoms in total. The summed E-state index contributed by atoms with van der Waals surface area (Å²) >= 11 is 7.76. The Morgan fingerprint density at radius 2 is 1.45 bits per heavy atom. The average Bonchev–Trinajstić information content (AvgIpc) is 3.04. The summed E-state index contributed by atoms with van der Waals surface area (Å²) in [5, 5.41) is 0. The van der Waals surface area contributed by atoms with Gasteiger partial charge in [0, 0.05) is 5.41 Å². The van der Waals surface area contributed by atoms with Crippen LogP contribution < -0.4 is 0 Å². The molecule has 33 heavy (non-hydrogen) atoms. The smallest absolute Gasteiger partial charge is 0.166 e. The van der Waals surface area contributed by atoms with E-state index in [-0.39, 0.29) is 10.8 Å². The second kappa shape index (κ2) is 7.35. The van der Waals surface area contributed by atoms with E-state index in [0.29, 0.717) is 33.9 Å². The first-order chi connectivity index (χ1) is 15.0. The molecule has 0 unspecified atom stereocenters. The Labute approximate surface area is 220 Å². The highest BCUT2D eigenvalue weighted by atomic mass is 79.9. The molecule has 0 N–H and O–H groups in total. The van der Waals surface area contributed by atoms with Gasteiger partial charge in [0.1, 0.15) is 3.23 Å². The first-order valence-corrected chi connectivity index (χ1v) is 15.6. The minimum absolute atomic E-state index is 0.194. The Kier molecular flexibility index (Phi) is 5.63. The zero-order valence-electron chi connectivity index (χ0n) is 22.5. The molecule has 0 amide bonds. The standard InChI is InChI=1S/C30H48Br2O/c1-18(2)19-11-13-26(5)15-16-28(7)20(23(19)26)9-10-22-27(6)17-30(31,32)24(33)25(3,4)21(27)12-14-29(22,28)8/h18-23H,9-17H2,1-8H3/t19-,20+,21-,22+,23+,26+,27-,28+,29+/m0/s1. The first kappa shape index (κ1) is 25.3. The Morgan fingerprint density at radius 1 is 0.788 bits per heavy atom. The summed E-state index contributed by atoms with van der Waals surface area (Å²) in [7, 11) is 0. The Balaban J connectivity index is 1.57. The second-order valence-corrected chi connectivity index (χ2v) is 19.0. The lowest BCUT2D eigenvalue weighted by molar-refractivity contribution is -0.234. The van der Waals surface area contributed by atoms with Gasteiger partial charge in [0.05, 0.1) is 0 Å². The number of hydrogen-bond acceptors (Lipinski definition) is 1. The van der Waals surface area contributed by atoms with E-state index >= 15 is 0 Å². The van der Waals surface area contributed by atoms with E-state index in [2.05, 4.69) is 87.2 Å². The van der Waals surface area contributed by atoms with Crippen molar-refractivity contribution in [1.82, 2.24) is 0 Å². The topological polar surface area (TPSA) is 17.1 Å². The van der Waals surface area contributed by atoms with Gasteiger partial charge in [-0.25, -0.2) is 0 Å². The molecule has 5 fully saturated rings. The molecule has 0 bridgehead atoms. The van der Waals surface area contributed by atoms with Gasteiger partial charge in [-0.1, -0.05) is 87.2 Å². The number of ketones is 1. The van der Waals surface area contributed by atoms with Crippen LogP contribution in [-0.4, -0.2) is 9.02 Å². The van der Waals surface area contributed by atoms with Crippen molar-refractivity contribution in [2.45, 2.75) is 116 Å². The highest BCUT2D eigenvalue weighted by Gasteiger charge is 2.72. The van der Waals surface area contributed by atoms with Gasteiger partial charge >= 0.3 is 0 Å². The molecule has 5 aliphatic rings. The molecule has 0 aromatic carbocycles. The van der Waals surface area contributed by atoms with Crippen LogP contribution >= 0.6 is 31.9 Å². The average molecular weight is 585 g/mol. The van der Waals surface area contributed by atoms with Crippen LogP contribution in [0.5, 0.6) is 0 Å². The third-order valence-corrected chi connectivity index (χ3v) is 14.7. The number of fused-ring (bicyclic) bond motifs is 7. The van der Waals surface area contributed by atoms with Crippen molar-refractivity contribution in [2.75, 3.05) is 0 Å². The van der Waals surface area contributed by atoms with Crippen LogP contribution in [-0.2, 0) is 4.79 Å². The lowest BCUT2D eigenvalue weighted by atomic mass is 9.32. The molecule has 0 aromatic rings. The summed E-state index contributed by atoms with van der Waals surface area (Å²) in [5.74, 6) is 5.07. The molecular weight excluding hydrogens is 536 g/mol. The fourth-order valence-corrected chi connectivity index (χ4v) is 14.0. The molecule has 5 aliphatic carbocycles. The van der Waals surface area contributed by atoms with Gasteiger partial charge < -0.3 is 0 Å². The van der Waals surface area contributed by atoms with Gasteiger partial charge in [-0.3, -0.25) is 4.79 Å². The van der Waals surface area contributed by atoms with E-state index in [0.717, 1.165) is 30.1 Å². The zero-order valence-corrected chi connectivity index (χ0v) is 25.7. The Morgan fingerprint density at radius 3 is 2.09 bits per heavy atom. The third kappa shape index (κ3) is 3.08. The number of carbonyl (C=O) groups excluding carboxylic acids is 1. The van der Waals surface area contributed by atoms with E-state index in [1.54, 1.807) is 0 Å². The Hall–Kier alpha value is 0.630. The first-order valence-electron chi connectivity index (χ1n) is 14.0. The van der Waals surface area contributed by atoms with Crippen molar-refractivity contribution in [1.29, 1.82) is 0 Å². The van der Waals surface area contributed by atoms with Gasteiger partial charge in [0.15, 0.2) is 5.78 Å². The fraction of sp³-hybridized carbons (Fsp3) is 0.967. The lowest BCUT2D eigenvalue weighted by Gasteiger charge is -2.73. The Bertz CT molecular complexity index is 846. The summed E-state index contributed by atoms with van der Waals surface area (Å²) in [4.78, 5) is 13.5. The minimum Gasteiger partial charge on any atom is -0.297 e. The molecular formula is C30H48Br2O. The number of hydrogen-bond donors (Lipinski definition) is 0. The molecule has 188 valence electrons. The normalized spacial score (nSPS) is 54.9. The van der Waals surface area contributed by atoms with Crippen LogP contribution in [0.25, 0.3) is 0 Å². The SMILES string of the molecule is CC(C)[C@@H]1CC[C@]2(C)CC[C@]3(C)[C@H](CC[C@@H]4[C@@]5(C)CC(Br)(Br)C(=O)C(C)(C)[C@@H]5CC[C@]43C)[C@@H]12. The quantitative estimate of drug-likeness (QED) is 0.281. The fourth-order valence-electron chi connectivity index (χ4n) is 11.7. The predicted molar refractivity (Wildman–Crippen MR) is 146 cm³/mol. The van der Waals surface area contributed by atoms with Crippen LogP contribution in [0.2, 0.25) is 0 Å². The summed E-state index contributed by atoms with van der Waals surface area (Å²) < 4.78 is -0.565. The van der Waals surface area contributed by atoms with Crippen molar-refractivity contribution in [3.63, 3.8) is 0 Å². The van der Waals surface area contributed by atoms with Crippen LogP contribution in [0.3, 0.4) is 0 Å². The molecule has 0 heterocycles. The second-order valence-electron chi connectivity index (χ2n) is 15.2. The summed E-state index contributed by atoms with van der Waals surface area (Å²) in [6.07, 6.45) is 12.0. The molecule has 3 heteroatoms. The largest absolute Gasteiger partial charge is 0.297 e. The van der Waals surface area contributed by atoms with Crippen LogP contribution in [0.4, 0.5) is 0 Å². The molecule has 0 spiro atoms. The zero-order chi connectivity index (χ0) is 24.4. The van der Waals surface area contributed by atoms with Crippen LogP contribution in [0.1, 0.15) is 113 Å². The van der Waals surface area contributed by atoms with Gasteiger partial charge in [0.25, 0.3) is 0 Å². The minimum atomic E-state index is -0.565. The molecule has 5 rings (SSSR count). The molecule has 5 saturated carbocycles. The van der Waals surface area contributed by atoms with Crippen molar-refractivity contribution in [3.05, 3.63) is 0 Å². The molecule has 0 saturated heterocycles. The van der Waals surface area contributed by atoms with Crippen LogP contribution in [0.15, 0.2) is 0 Å². The highest BCUT2D eigenvalue weighted by Crippen LogP contribution is 2.78. The number of alkyl halides is 2. The van der Waals surface area contributed by atoms with E-state index in [4.69, 9.17) is 0 Å². The van der Waals surface area contributed by atoms with Crippen molar-refractivity contribution in [3.8, 4) is 0 Å². The van der Waals surface area contributed by atoms with E-state index < -0.39 is 3.23 Å². The number of carbonyl (C=O) groups is 1. The van der Waals surface area contributed by atoms with Crippen LogP contribution in [0, 0.1) is 62.6 Å².